The van der Waals surface area contributed by atoms with Crippen molar-refractivity contribution in [2.75, 3.05) is 31.2 Å². The van der Waals surface area contributed by atoms with Gasteiger partial charge in [0.15, 0.2) is 0 Å². The highest BCUT2D eigenvalue weighted by molar-refractivity contribution is 5.92. The predicted octanol–water partition coefficient (Wildman–Crippen LogP) is 1.33. The molecule has 2 aromatic heterocycles. The van der Waals surface area contributed by atoms with Crippen LogP contribution in [0.5, 0.6) is 0 Å². The van der Waals surface area contributed by atoms with Gasteiger partial charge in [-0.25, -0.2) is 9.97 Å². The van der Waals surface area contributed by atoms with E-state index in [0.717, 1.165) is 36.6 Å². The Hall–Kier alpha value is -2.48. The van der Waals surface area contributed by atoms with Gasteiger partial charge in [0.25, 0.3) is 5.91 Å². The Morgan fingerprint density at radius 1 is 1.26 bits per heavy atom. The van der Waals surface area contributed by atoms with Crippen LogP contribution in [0.25, 0.3) is 0 Å². The number of amides is 1. The van der Waals surface area contributed by atoms with Crippen LogP contribution >= 0.6 is 0 Å². The van der Waals surface area contributed by atoms with Crippen LogP contribution in [0.15, 0.2) is 6.07 Å². The number of carbonyl (C=O) groups is 1. The molecule has 1 saturated heterocycles. The summed E-state index contributed by atoms with van der Waals surface area (Å²) in [6, 6.07) is 1.70. The Morgan fingerprint density at radius 2 is 1.96 bits per heavy atom. The van der Waals surface area contributed by atoms with Gasteiger partial charge in [-0.15, -0.1) is 0 Å². The molecule has 8 heteroatoms. The number of hydrogen-bond acceptors (Lipinski definition) is 6. The van der Waals surface area contributed by atoms with Crippen LogP contribution in [0.4, 0.5) is 5.95 Å². The number of rotatable bonds is 5. The zero-order valence-corrected chi connectivity index (χ0v) is 16.7. The lowest BCUT2D eigenvalue weighted by atomic mass is 10.1. The van der Waals surface area contributed by atoms with Crippen molar-refractivity contribution in [3.63, 3.8) is 0 Å². The summed E-state index contributed by atoms with van der Waals surface area (Å²) in [7, 11) is 1.94. The Balaban J connectivity index is 1.70. The van der Waals surface area contributed by atoms with Crippen LogP contribution in [0, 0.1) is 20.8 Å². The number of aromatic nitrogens is 4. The molecule has 1 fully saturated rings. The first-order chi connectivity index (χ1) is 12.8. The topological polar surface area (TPSA) is 85.2 Å². The van der Waals surface area contributed by atoms with E-state index in [9.17, 15) is 4.79 Å². The van der Waals surface area contributed by atoms with Crippen molar-refractivity contribution in [2.45, 2.75) is 40.2 Å². The van der Waals surface area contributed by atoms with Gasteiger partial charge in [-0.2, -0.15) is 5.10 Å². The first-order valence-electron chi connectivity index (χ1n) is 9.33. The lowest BCUT2D eigenvalue weighted by molar-refractivity contribution is 0.0934. The van der Waals surface area contributed by atoms with Crippen LogP contribution < -0.4 is 10.2 Å². The molecular weight excluding hydrogens is 344 g/mol. The van der Waals surface area contributed by atoms with Crippen LogP contribution in [0.1, 0.15) is 40.1 Å². The molecule has 8 nitrogen and oxygen atoms in total. The number of morpholine rings is 1. The Morgan fingerprint density at radius 3 is 2.59 bits per heavy atom. The summed E-state index contributed by atoms with van der Waals surface area (Å²) in [6.07, 6.45) is 0.734. The highest BCUT2D eigenvalue weighted by Crippen LogP contribution is 2.15. The molecular formula is C19H28N6O2. The lowest BCUT2D eigenvalue weighted by Crippen LogP contribution is -2.38. The summed E-state index contributed by atoms with van der Waals surface area (Å²) in [4.78, 5) is 23.8. The van der Waals surface area contributed by atoms with Crippen molar-refractivity contribution in [2.24, 2.45) is 7.05 Å². The maximum Gasteiger partial charge on any atom is 0.270 e. The van der Waals surface area contributed by atoms with E-state index >= 15 is 0 Å². The third-order valence-corrected chi connectivity index (χ3v) is 4.92. The molecule has 27 heavy (non-hydrogen) atoms. The first kappa shape index (κ1) is 19.3. The average molecular weight is 372 g/mol. The van der Waals surface area contributed by atoms with E-state index in [1.165, 1.54) is 5.56 Å². The molecule has 0 unspecified atom stereocenters. The molecule has 1 N–H and O–H groups in total. The third kappa shape index (κ3) is 4.44. The highest BCUT2D eigenvalue weighted by atomic mass is 16.5. The molecule has 146 valence electrons. The number of nitrogens with zero attached hydrogens (tertiary/aromatic N) is 5. The Bertz CT molecular complexity index is 826. The van der Waals surface area contributed by atoms with Gasteiger partial charge >= 0.3 is 0 Å². The summed E-state index contributed by atoms with van der Waals surface area (Å²) in [5.41, 5.74) is 4.49. The van der Waals surface area contributed by atoms with Crippen molar-refractivity contribution in [1.82, 2.24) is 25.1 Å². The molecule has 2 aromatic rings. The standard InChI is InChI=1S/C19H28N6O2/c1-12(10-16-14(3)23-24(5)15(16)4)20-18(26)17-11-13(2)21-19(22-17)25-6-8-27-9-7-25/h11-12H,6-10H2,1-5H3,(H,20,26)/t12-/m0/s1. The second-order valence-electron chi connectivity index (χ2n) is 7.15. The number of hydrogen-bond donors (Lipinski definition) is 1. The normalized spacial score (nSPS) is 15.7. The summed E-state index contributed by atoms with van der Waals surface area (Å²) >= 11 is 0. The van der Waals surface area contributed by atoms with Crippen molar-refractivity contribution < 1.29 is 9.53 Å². The zero-order valence-electron chi connectivity index (χ0n) is 16.7. The smallest absolute Gasteiger partial charge is 0.270 e. The quantitative estimate of drug-likeness (QED) is 0.852. The SMILES string of the molecule is Cc1cc(C(=O)N[C@@H](C)Cc2c(C)nn(C)c2C)nc(N2CCOCC2)n1. The van der Waals surface area contributed by atoms with E-state index in [4.69, 9.17) is 4.74 Å². The second-order valence-corrected chi connectivity index (χ2v) is 7.15. The fraction of sp³-hybridized carbons (Fsp3) is 0.579. The zero-order chi connectivity index (χ0) is 19.6. The van der Waals surface area contributed by atoms with Crippen molar-refractivity contribution in [3.8, 4) is 0 Å². The molecule has 1 aliphatic rings. The summed E-state index contributed by atoms with van der Waals surface area (Å²) in [5, 5.41) is 7.50. The van der Waals surface area contributed by atoms with Crippen LogP contribution in [0.2, 0.25) is 0 Å². The average Bonchev–Trinajstić information content (AvgIpc) is 2.88. The minimum absolute atomic E-state index is 0.0267. The maximum absolute atomic E-state index is 12.7. The number of ether oxygens (including phenoxy) is 1. The molecule has 0 aromatic carbocycles. The molecule has 1 amide bonds. The van der Waals surface area contributed by atoms with Gasteiger partial charge in [0, 0.05) is 37.6 Å². The van der Waals surface area contributed by atoms with Crippen molar-refractivity contribution in [1.29, 1.82) is 0 Å². The maximum atomic E-state index is 12.7. The van der Waals surface area contributed by atoms with Gasteiger partial charge in [0.2, 0.25) is 5.95 Å². The van der Waals surface area contributed by atoms with Crippen molar-refractivity contribution >= 4 is 11.9 Å². The van der Waals surface area contributed by atoms with Gasteiger partial charge in [0.05, 0.1) is 18.9 Å². The monoisotopic (exact) mass is 372 g/mol. The molecule has 3 heterocycles. The molecule has 0 radical (unpaired) electrons. The first-order valence-corrected chi connectivity index (χ1v) is 9.33. The van der Waals surface area contributed by atoms with Gasteiger partial charge in [-0.1, -0.05) is 0 Å². The fourth-order valence-electron chi connectivity index (χ4n) is 3.34. The van der Waals surface area contributed by atoms with Crippen LogP contribution in [0.3, 0.4) is 0 Å². The summed E-state index contributed by atoms with van der Waals surface area (Å²) in [5.74, 6) is 0.414. The predicted molar refractivity (Wildman–Crippen MR) is 103 cm³/mol. The lowest BCUT2D eigenvalue weighted by Gasteiger charge is -2.27. The van der Waals surface area contributed by atoms with Crippen LogP contribution in [-0.2, 0) is 18.2 Å². The van der Waals surface area contributed by atoms with Gasteiger partial charge in [0.1, 0.15) is 5.69 Å². The Kier molecular flexibility index (Phi) is 5.74. The largest absolute Gasteiger partial charge is 0.378 e. The highest BCUT2D eigenvalue weighted by Gasteiger charge is 2.19. The third-order valence-electron chi connectivity index (χ3n) is 4.92. The minimum atomic E-state index is -0.179. The van der Waals surface area contributed by atoms with Gasteiger partial charge < -0.3 is 15.0 Å². The number of anilines is 1. The molecule has 3 rings (SSSR count). The number of carbonyl (C=O) groups excluding carboxylic acids is 1. The molecule has 0 spiro atoms. The summed E-state index contributed by atoms with van der Waals surface area (Å²) in [6.45, 7) is 10.7. The van der Waals surface area contributed by atoms with E-state index in [2.05, 4.69) is 25.3 Å². The van der Waals surface area contributed by atoms with E-state index in [1.54, 1.807) is 6.07 Å². The second kappa shape index (κ2) is 8.04. The van der Waals surface area contributed by atoms with Crippen molar-refractivity contribution in [3.05, 3.63) is 34.4 Å². The van der Waals surface area contributed by atoms with E-state index in [1.807, 2.05) is 39.4 Å². The number of aryl methyl sites for hydroxylation is 3. The minimum Gasteiger partial charge on any atom is -0.378 e. The van der Waals surface area contributed by atoms with E-state index in [-0.39, 0.29) is 11.9 Å². The van der Waals surface area contributed by atoms with Crippen LogP contribution in [-0.4, -0.2) is 58.0 Å². The fourth-order valence-corrected chi connectivity index (χ4v) is 3.34. The molecule has 1 aliphatic heterocycles. The molecule has 0 bridgehead atoms. The molecule has 1 atom stereocenters. The molecule has 0 aliphatic carbocycles. The van der Waals surface area contributed by atoms with Gasteiger partial charge in [-0.3, -0.25) is 9.48 Å². The van der Waals surface area contributed by atoms with E-state index in [0.29, 0.717) is 24.9 Å². The number of nitrogens with one attached hydrogen (secondary N) is 1. The van der Waals surface area contributed by atoms with E-state index < -0.39 is 0 Å². The molecule has 0 saturated carbocycles. The summed E-state index contributed by atoms with van der Waals surface area (Å²) < 4.78 is 7.25. The Labute approximate surface area is 159 Å². The van der Waals surface area contributed by atoms with Gasteiger partial charge in [-0.05, 0) is 45.7 Å².